The molecule has 0 aromatic rings. The Balaban J connectivity index is 0.000000105. The number of hydrogen-bond acceptors (Lipinski definition) is 2. The predicted molar refractivity (Wildman–Crippen MR) is 30.2 cm³/mol. The molecule has 7 heavy (non-hydrogen) atoms. The Morgan fingerprint density at radius 1 is 1.57 bits per heavy atom. The number of nitrogens with one attached hydrogen (secondary N) is 1. The minimum absolute atomic E-state index is 0.319. The molecule has 0 aromatic heterocycles. The summed E-state index contributed by atoms with van der Waals surface area (Å²) in [5.74, 6) is 0. The Bertz CT molecular complexity index is 24.5. The second kappa shape index (κ2) is 5.92. The number of aliphatic hydroxyl groups is 1. The van der Waals surface area contributed by atoms with Gasteiger partial charge in [0.2, 0.25) is 0 Å². The standard InChI is InChI=1S/C3H8O.C2H5N/c1-2-3-4;1-2-3-1/h4H,2-3H2,1H3;3H,1-2H2. The molecule has 2 N–H and O–H groups in total. The lowest BCUT2D eigenvalue weighted by Gasteiger charge is -1.69. The summed E-state index contributed by atoms with van der Waals surface area (Å²) >= 11 is 0. The molecule has 0 spiro atoms. The first kappa shape index (κ1) is 6.92. The van der Waals surface area contributed by atoms with E-state index in [1.54, 1.807) is 0 Å². The Kier molecular flexibility index (Phi) is 5.85. The van der Waals surface area contributed by atoms with Gasteiger partial charge >= 0.3 is 0 Å². The molecule has 0 aromatic carbocycles. The Morgan fingerprint density at radius 3 is 1.86 bits per heavy atom. The highest BCUT2D eigenvalue weighted by atomic mass is 16.2. The molecule has 0 aliphatic carbocycles. The molecule has 0 saturated carbocycles. The molecule has 2 nitrogen and oxygen atoms in total. The van der Waals surface area contributed by atoms with Crippen molar-refractivity contribution in [3.8, 4) is 0 Å². The number of rotatable bonds is 1. The van der Waals surface area contributed by atoms with Crippen LogP contribution in [0.15, 0.2) is 0 Å². The molecule has 0 unspecified atom stereocenters. The zero-order valence-corrected chi connectivity index (χ0v) is 4.78. The van der Waals surface area contributed by atoms with Crippen LogP contribution >= 0.6 is 0 Å². The van der Waals surface area contributed by atoms with Gasteiger partial charge in [0.25, 0.3) is 0 Å². The van der Waals surface area contributed by atoms with Crippen LogP contribution in [-0.4, -0.2) is 24.8 Å². The van der Waals surface area contributed by atoms with Gasteiger partial charge in [-0.05, 0) is 6.42 Å². The third-order valence-corrected chi connectivity index (χ3v) is 0.474. The Morgan fingerprint density at radius 2 is 1.86 bits per heavy atom. The Labute approximate surface area is 44.5 Å². The summed E-state index contributed by atoms with van der Waals surface area (Å²) in [5, 5.41) is 10.9. The third kappa shape index (κ3) is 24.7. The summed E-state index contributed by atoms with van der Waals surface area (Å²) in [5.41, 5.74) is 0. The van der Waals surface area contributed by atoms with Crippen molar-refractivity contribution >= 4 is 0 Å². The molecule has 44 valence electrons. The van der Waals surface area contributed by atoms with E-state index in [4.69, 9.17) is 5.11 Å². The highest BCUT2D eigenvalue weighted by Gasteiger charge is 1.91. The molecule has 1 aliphatic heterocycles. The molecular formula is C5H13NO. The fourth-order valence-electron chi connectivity index (χ4n) is 0. The van der Waals surface area contributed by atoms with Gasteiger partial charge in [0, 0.05) is 19.7 Å². The number of aliphatic hydroxyl groups excluding tert-OH is 1. The summed E-state index contributed by atoms with van der Waals surface area (Å²) in [7, 11) is 0. The van der Waals surface area contributed by atoms with E-state index in [0.717, 1.165) is 6.42 Å². The van der Waals surface area contributed by atoms with Gasteiger partial charge in [-0.3, -0.25) is 0 Å². The normalized spacial score (nSPS) is 14.6. The van der Waals surface area contributed by atoms with Gasteiger partial charge in [-0.25, -0.2) is 0 Å². The lowest BCUT2D eigenvalue weighted by atomic mass is 10.5. The molecule has 1 rings (SSSR count). The average molecular weight is 103 g/mol. The smallest absolute Gasteiger partial charge is 0.0428 e. The highest BCUT2D eigenvalue weighted by molar-refractivity contribution is 4.58. The summed E-state index contributed by atoms with van der Waals surface area (Å²) < 4.78 is 0. The predicted octanol–water partition coefficient (Wildman–Crippen LogP) is -0.0217. The van der Waals surface area contributed by atoms with Crippen LogP contribution in [0.1, 0.15) is 13.3 Å². The minimum atomic E-state index is 0.319. The summed E-state index contributed by atoms with van der Waals surface area (Å²) in [4.78, 5) is 0. The molecule has 0 atom stereocenters. The van der Waals surface area contributed by atoms with Crippen LogP contribution < -0.4 is 5.32 Å². The van der Waals surface area contributed by atoms with Crippen molar-refractivity contribution in [1.29, 1.82) is 0 Å². The second-order valence-electron chi connectivity index (χ2n) is 1.47. The van der Waals surface area contributed by atoms with Crippen LogP contribution in [0.25, 0.3) is 0 Å². The Hall–Kier alpha value is -0.0800. The number of hydrogen-bond donors (Lipinski definition) is 2. The lowest BCUT2D eigenvalue weighted by molar-refractivity contribution is 0.295. The lowest BCUT2D eigenvalue weighted by Crippen LogP contribution is -1.69. The van der Waals surface area contributed by atoms with Crippen molar-refractivity contribution in [3.05, 3.63) is 0 Å². The maximum absolute atomic E-state index is 7.88. The van der Waals surface area contributed by atoms with Crippen molar-refractivity contribution in [2.45, 2.75) is 13.3 Å². The van der Waals surface area contributed by atoms with Gasteiger partial charge in [-0.1, -0.05) is 6.92 Å². The summed E-state index contributed by atoms with van der Waals surface area (Å²) in [6.45, 7) is 4.75. The van der Waals surface area contributed by atoms with Crippen LogP contribution in [0, 0.1) is 0 Å². The van der Waals surface area contributed by atoms with Crippen molar-refractivity contribution in [2.24, 2.45) is 0 Å². The molecular weight excluding hydrogens is 90.1 g/mol. The van der Waals surface area contributed by atoms with Gasteiger partial charge in [0.1, 0.15) is 0 Å². The quantitative estimate of drug-likeness (QED) is 0.458. The second-order valence-corrected chi connectivity index (χ2v) is 1.47. The van der Waals surface area contributed by atoms with Crippen LogP contribution in [0.3, 0.4) is 0 Å². The van der Waals surface area contributed by atoms with Gasteiger partial charge < -0.3 is 10.4 Å². The monoisotopic (exact) mass is 103 g/mol. The van der Waals surface area contributed by atoms with Crippen molar-refractivity contribution < 1.29 is 5.11 Å². The van der Waals surface area contributed by atoms with Crippen molar-refractivity contribution in [2.75, 3.05) is 19.7 Å². The van der Waals surface area contributed by atoms with Crippen molar-refractivity contribution in [3.63, 3.8) is 0 Å². The van der Waals surface area contributed by atoms with Gasteiger partial charge in [0.15, 0.2) is 0 Å². The van der Waals surface area contributed by atoms with Crippen LogP contribution in [0.5, 0.6) is 0 Å². The SMILES string of the molecule is C1CN1.CCCO. The maximum atomic E-state index is 7.88. The van der Waals surface area contributed by atoms with Gasteiger partial charge in [0.05, 0.1) is 0 Å². The van der Waals surface area contributed by atoms with E-state index in [1.165, 1.54) is 13.1 Å². The molecule has 0 radical (unpaired) electrons. The fraction of sp³-hybridized carbons (Fsp3) is 1.00. The largest absolute Gasteiger partial charge is 0.396 e. The first-order valence-corrected chi connectivity index (χ1v) is 2.73. The van der Waals surface area contributed by atoms with E-state index in [2.05, 4.69) is 5.32 Å². The summed E-state index contributed by atoms with van der Waals surface area (Å²) in [6, 6.07) is 0. The third-order valence-electron chi connectivity index (χ3n) is 0.474. The molecule has 1 saturated heterocycles. The van der Waals surface area contributed by atoms with Gasteiger partial charge in [-0.2, -0.15) is 0 Å². The van der Waals surface area contributed by atoms with E-state index < -0.39 is 0 Å². The topological polar surface area (TPSA) is 42.2 Å². The molecule has 1 aliphatic rings. The van der Waals surface area contributed by atoms with E-state index >= 15 is 0 Å². The summed E-state index contributed by atoms with van der Waals surface area (Å²) in [6.07, 6.45) is 0.875. The van der Waals surface area contributed by atoms with Crippen molar-refractivity contribution in [1.82, 2.24) is 5.32 Å². The van der Waals surface area contributed by atoms with E-state index in [1.807, 2.05) is 6.92 Å². The highest BCUT2D eigenvalue weighted by Crippen LogP contribution is 1.65. The van der Waals surface area contributed by atoms with Gasteiger partial charge in [-0.15, -0.1) is 0 Å². The van der Waals surface area contributed by atoms with Crippen LogP contribution in [0.2, 0.25) is 0 Å². The first-order chi connectivity index (χ1) is 3.41. The van der Waals surface area contributed by atoms with E-state index in [9.17, 15) is 0 Å². The fourth-order valence-corrected chi connectivity index (χ4v) is 0. The first-order valence-electron chi connectivity index (χ1n) is 2.73. The molecule has 0 amide bonds. The zero-order valence-electron chi connectivity index (χ0n) is 4.78. The zero-order chi connectivity index (χ0) is 5.54. The molecule has 1 fully saturated rings. The minimum Gasteiger partial charge on any atom is -0.396 e. The average Bonchev–Trinajstić information content (AvgIpc) is 2.47. The molecule has 2 heteroatoms. The molecule has 0 bridgehead atoms. The van der Waals surface area contributed by atoms with Crippen LogP contribution in [0.4, 0.5) is 0 Å². The van der Waals surface area contributed by atoms with Crippen LogP contribution in [-0.2, 0) is 0 Å². The molecule has 1 heterocycles. The maximum Gasteiger partial charge on any atom is 0.0428 e. The van der Waals surface area contributed by atoms with E-state index in [0.29, 0.717) is 6.61 Å². The van der Waals surface area contributed by atoms with E-state index in [-0.39, 0.29) is 0 Å².